The number of benzene rings is 7. The number of hydrogen-bond acceptors (Lipinski definition) is 4. The third kappa shape index (κ3) is 6.72. The lowest BCUT2D eigenvalue weighted by atomic mass is 9.32. The first-order valence-electron chi connectivity index (χ1n) is 30.5. The van der Waals surface area contributed by atoms with Crippen LogP contribution in [0.25, 0.3) is 20.2 Å². The summed E-state index contributed by atoms with van der Waals surface area (Å²) in [6.07, 6.45) is 11.9. The van der Waals surface area contributed by atoms with E-state index in [9.17, 15) is 0 Å². The Morgan fingerprint density at radius 1 is 0.367 bits per heavy atom. The Hall–Kier alpha value is -5.78. The van der Waals surface area contributed by atoms with Gasteiger partial charge in [0.05, 0.1) is 11.2 Å². The van der Waals surface area contributed by atoms with Crippen molar-refractivity contribution in [2.75, 3.05) is 14.7 Å². The molecule has 7 aliphatic rings. The quantitative estimate of drug-likeness (QED) is 0.163. The normalized spacial score (nSPS) is 24.7. The molecule has 0 radical (unpaired) electrons. The van der Waals surface area contributed by atoms with Gasteiger partial charge in [-0.3, -0.25) is 0 Å². The van der Waals surface area contributed by atoms with Crippen LogP contribution in [0.4, 0.5) is 45.5 Å². The van der Waals surface area contributed by atoms with Gasteiger partial charge in [-0.05, 0) is 207 Å². The van der Waals surface area contributed by atoms with Crippen LogP contribution in [0.15, 0.2) is 121 Å². The minimum atomic E-state index is -0.127. The Morgan fingerprint density at radius 2 is 0.861 bits per heavy atom. The molecule has 3 nitrogen and oxygen atoms in total. The summed E-state index contributed by atoms with van der Waals surface area (Å²) in [5.41, 5.74) is 25.7. The maximum Gasteiger partial charge on any atom is 0.252 e. The SMILES string of the molecule is CC1(C)CCC(C)(C)c2cc(N3c4cc5c(cc4B4c6cc7c(cc6N(c6cccc8sc9ccccc9c68)c6cc(N8c9ccccc9C9(C)CCCCC89C)cc3c64)C(C)(C)CCC7(C)C)C(C)(C)CCC5(C)C)ccc21. The van der Waals surface area contributed by atoms with E-state index in [-0.39, 0.29) is 50.2 Å². The summed E-state index contributed by atoms with van der Waals surface area (Å²) in [4.78, 5) is 8.49. The third-order valence-corrected chi connectivity index (χ3v) is 24.1. The van der Waals surface area contributed by atoms with Crippen LogP contribution >= 0.6 is 11.3 Å². The van der Waals surface area contributed by atoms with Gasteiger partial charge < -0.3 is 14.7 Å². The number of thiophene rings is 1. The van der Waals surface area contributed by atoms with Crippen LogP contribution in [-0.4, -0.2) is 12.3 Å². The average Bonchev–Trinajstić information content (AvgIpc) is 4.09. The summed E-state index contributed by atoms with van der Waals surface area (Å²) >= 11 is 1.94. The molecule has 79 heavy (non-hydrogen) atoms. The van der Waals surface area contributed by atoms with Crippen LogP contribution in [0.5, 0.6) is 0 Å². The lowest BCUT2D eigenvalue weighted by Crippen LogP contribution is -2.62. The second-order valence-electron chi connectivity index (χ2n) is 30.4. The van der Waals surface area contributed by atoms with Crippen molar-refractivity contribution in [3.05, 3.63) is 160 Å². The molecule has 7 aromatic carbocycles. The number of anilines is 8. The Morgan fingerprint density at radius 3 is 1.49 bits per heavy atom. The molecular formula is C74H82BN3S. The van der Waals surface area contributed by atoms with Crippen LogP contribution in [0.3, 0.4) is 0 Å². The topological polar surface area (TPSA) is 9.72 Å². The molecule has 2 unspecified atom stereocenters. The van der Waals surface area contributed by atoms with Gasteiger partial charge in [0, 0.05) is 65.4 Å². The highest BCUT2D eigenvalue weighted by atomic mass is 32.1. The summed E-state index contributed by atoms with van der Waals surface area (Å²) < 4.78 is 2.69. The highest BCUT2D eigenvalue weighted by molar-refractivity contribution is 7.26. The minimum absolute atomic E-state index is 0.00153. The zero-order valence-corrected chi connectivity index (χ0v) is 50.8. The zero-order valence-electron chi connectivity index (χ0n) is 49.9. The highest BCUT2D eigenvalue weighted by Crippen LogP contribution is 2.63. The van der Waals surface area contributed by atoms with E-state index in [1.54, 1.807) is 0 Å². The van der Waals surface area contributed by atoms with E-state index in [1.807, 2.05) is 11.3 Å². The molecule has 0 amide bonds. The van der Waals surface area contributed by atoms with Crippen LogP contribution < -0.4 is 31.1 Å². The number of rotatable bonds is 3. The summed E-state index contributed by atoms with van der Waals surface area (Å²) in [7, 11) is 0. The molecule has 15 rings (SSSR count). The molecule has 1 saturated carbocycles. The number of fused-ring (bicyclic) bond motifs is 13. The monoisotopic (exact) mass is 1060 g/mol. The van der Waals surface area contributed by atoms with Gasteiger partial charge in [-0.25, -0.2) is 0 Å². The average molecular weight is 1060 g/mol. The summed E-state index contributed by atoms with van der Waals surface area (Å²) in [6, 6.07) is 50.0. The Bertz CT molecular complexity index is 3960. The second kappa shape index (κ2) is 16.0. The number of nitrogens with zero attached hydrogens (tertiary/aromatic N) is 3. The predicted octanol–water partition coefficient (Wildman–Crippen LogP) is 18.9. The minimum Gasteiger partial charge on any atom is -0.334 e. The molecule has 4 aliphatic carbocycles. The molecular weight excluding hydrogens is 974 g/mol. The summed E-state index contributed by atoms with van der Waals surface area (Å²) in [5.74, 6) is 0. The molecule has 0 N–H and O–H groups in total. The highest BCUT2D eigenvalue weighted by Gasteiger charge is 2.58. The van der Waals surface area contributed by atoms with E-state index < -0.39 is 0 Å². The third-order valence-electron chi connectivity index (χ3n) is 23.0. The smallest absolute Gasteiger partial charge is 0.252 e. The summed E-state index contributed by atoms with van der Waals surface area (Å²) in [5, 5.41) is 2.70. The van der Waals surface area contributed by atoms with Gasteiger partial charge in [-0.15, -0.1) is 11.3 Å². The van der Waals surface area contributed by atoms with Crippen LogP contribution in [0.1, 0.15) is 200 Å². The number of hydrogen-bond donors (Lipinski definition) is 0. The van der Waals surface area contributed by atoms with Crippen molar-refractivity contribution in [1.29, 1.82) is 0 Å². The fraction of sp³-hybridized carbons (Fsp3) is 0.432. The van der Waals surface area contributed by atoms with E-state index >= 15 is 0 Å². The van der Waals surface area contributed by atoms with E-state index in [4.69, 9.17) is 0 Å². The fourth-order valence-electron chi connectivity index (χ4n) is 17.5. The van der Waals surface area contributed by atoms with Gasteiger partial charge in [0.15, 0.2) is 0 Å². The van der Waals surface area contributed by atoms with E-state index in [1.165, 1.54) is 179 Å². The van der Waals surface area contributed by atoms with Gasteiger partial charge in [0.1, 0.15) is 0 Å². The van der Waals surface area contributed by atoms with Crippen LogP contribution in [-0.2, 0) is 37.9 Å². The first kappa shape index (κ1) is 50.2. The maximum absolute atomic E-state index is 2.87. The zero-order chi connectivity index (χ0) is 54.9. The fourth-order valence-corrected chi connectivity index (χ4v) is 18.7. The predicted molar refractivity (Wildman–Crippen MR) is 342 cm³/mol. The van der Waals surface area contributed by atoms with Crippen molar-refractivity contribution in [2.24, 2.45) is 0 Å². The first-order valence-corrected chi connectivity index (χ1v) is 31.3. The van der Waals surface area contributed by atoms with Crippen molar-refractivity contribution in [2.45, 2.75) is 205 Å². The molecule has 5 heteroatoms. The lowest BCUT2D eigenvalue weighted by molar-refractivity contribution is 0.195. The van der Waals surface area contributed by atoms with Crippen LogP contribution in [0, 0.1) is 0 Å². The molecule has 0 spiro atoms. The summed E-state index contributed by atoms with van der Waals surface area (Å²) in [6.45, 7) is 35.4. The molecule has 0 saturated heterocycles. The Labute approximate surface area is 476 Å². The van der Waals surface area contributed by atoms with E-state index in [2.05, 4.69) is 233 Å². The standard InChI is InChI=1S/C74H82BN3S/c1-67(2)32-33-68(3,4)50-38-45(28-29-48(50)67)76-59-43-53-51(69(5,6)34-36-71(53,9)10)41-55(59)75-56-42-52-54(72(11,12)37-35-70(52,7)8)44-60(56)77(58-25-21-27-64-65(58)47-22-15-18-26-63(47)79-64)62-40-46(39-61(76)66(62)75)78-57-24-17-16-23-49(57)73(13)30-19-20-31-74(73,78)14/h15-18,21-29,38-44H,19-20,30-37H2,1-14H3. The number of para-hydroxylation sites is 1. The van der Waals surface area contributed by atoms with Gasteiger partial charge >= 0.3 is 0 Å². The lowest BCUT2D eigenvalue weighted by Gasteiger charge is -2.52. The van der Waals surface area contributed by atoms with Crippen molar-refractivity contribution < 1.29 is 0 Å². The molecule has 4 heterocycles. The van der Waals surface area contributed by atoms with Gasteiger partial charge in [0.2, 0.25) is 0 Å². The molecule has 1 fully saturated rings. The molecule has 2 atom stereocenters. The van der Waals surface area contributed by atoms with Crippen molar-refractivity contribution in [3.63, 3.8) is 0 Å². The molecule has 8 aromatic rings. The molecule has 3 aliphatic heterocycles. The Kier molecular flexibility index (Phi) is 10.2. The Balaban J connectivity index is 1.13. The maximum atomic E-state index is 2.87. The first-order chi connectivity index (χ1) is 37.4. The largest absolute Gasteiger partial charge is 0.334 e. The van der Waals surface area contributed by atoms with E-state index in [0.717, 1.165) is 6.42 Å². The molecule has 402 valence electrons. The second-order valence-corrected chi connectivity index (χ2v) is 31.4. The van der Waals surface area contributed by atoms with Crippen molar-refractivity contribution in [3.8, 4) is 0 Å². The van der Waals surface area contributed by atoms with Gasteiger partial charge in [-0.1, -0.05) is 164 Å². The van der Waals surface area contributed by atoms with Crippen molar-refractivity contribution in [1.82, 2.24) is 0 Å². The van der Waals surface area contributed by atoms with Gasteiger partial charge in [0.25, 0.3) is 6.71 Å². The molecule has 0 bridgehead atoms. The van der Waals surface area contributed by atoms with E-state index in [0.29, 0.717) is 0 Å². The van der Waals surface area contributed by atoms with Crippen LogP contribution in [0.2, 0.25) is 0 Å². The molecule has 1 aromatic heterocycles. The van der Waals surface area contributed by atoms with Gasteiger partial charge in [-0.2, -0.15) is 0 Å². The van der Waals surface area contributed by atoms with Crippen molar-refractivity contribution >= 4 is 100 Å².